The molecule has 0 aliphatic carbocycles. The van der Waals surface area contributed by atoms with Crippen LogP contribution in [0.1, 0.15) is 18.9 Å². The van der Waals surface area contributed by atoms with Crippen LogP contribution in [0.5, 0.6) is 5.75 Å². The number of benzene rings is 1. The Morgan fingerprint density at radius 3 is 2.88 bits per heavy atom. The number of rotatable bonds is 5. The molecule has 0 fully saturated rings. The van der Waals surface area contributed by atoms with Gasteiger partial charge in [0.05, 0.1) is 12.5 Å². The molecule has 0 bridgehead atoms. The van der Waals surface area contributed by atoms with Gasteiger partial charge in [-0.1, -0.05) is 12.1 Å². The van der Waals surface area contributed by atoms with E-state index in [4.69, 9.17) is 5.11 Å². The van der Waals surface area contributed by atoms with Crippen LogP contribution in [-0.2, 0) is 11.2 Å². The van der Waals surface area contributed by atoms with E-state index in [2.05, 4.69) is 5.32 Å². The number of carbonyl (C=O) groups is 1. The number of carbonyl (C=O) groups excluding carboxylic acids is 1. The maximum atomic E-state index is 11.4. The zero-order valence-corrected chi connectivity index (χ0v) is 9.31. The summed E-state index contributed by atoms with van der Waals surface area (Å²) in [6.45, 7) is 2.15. The van der Waals surface area contributed by atoms with Crippen LogP contribution in [0.3, 0.4) is 0 Å². The Kier molecular flexibility index (Phi) is 4.79. The van der Waals surface area contributed by atoms with Crippen LogP contribution in [0.4, 0.5) is 0 Å². The second-order valence-electron chi connectivity index (χ2n) is 3.83. The molecule has 1 amide bonds. The van der Waals surface area contributed by atoms with Crippen LogP contribution in [0, 0.1) is 0 Å². The summed E-state index contributed by atoms with van der Waals surface area (Å²) in [5.41, 5.74) is 0.773. The molecule has 0 radical (unpaired) electrons. The molecule has 0 aromatic heterocycles. The minimum Gasteiger partial charge on any atom is -0.508 e. The molecule has 4 nitrogen and oxygen atoms in total. The highest BCUT2D eigenvalue weighted by Gasteiger charge is 2.04. The fourth-order valence-corrected chi connectivity index (χ4v) is 1.33. The first-order valence-electron chi connectivity index (χ1n) is 5.30. The van der Waals surface area contributed by atoms with Crippen molar-refractivity contribution in [3.8, 4) is 5.75 Å². The Labute approximate surface area is 94.9 Å². The van der Waals surface area contributed by atoms with Crippen molar-refractivity contribution in [3.05, 3.63) is 29.8 Å². The fraction of sp³-hybridized carbons (Fsp3) is 0.417. The van der Waals surface area contributed by atoms with Crippen molar-refractivity contribution in [1.82, 2.24) is 5.32 Å². The largest absolute Gasteiger partial charge is 0.508 e. The predicted octanol–water partition coefficient (Wildman–Crippen LogP) is 0.822. The summed E-state index contributed by atoms with van der Waals surface area (Å²) in [7, 11) is 0. The van der Waals surface area contributed by atoms with Gasteiger partial charge in [-0.2, -0.15) is 0 Å². The van der Waals surface area contributed by atoms with Gasteiger partial charge in [-0.3, -0.25) is 4.79 Å². The number of phenolic OH excluding ortho intramolecular Hbond substituents is 1. The van der Waals surface area contributed by atoms with Gasteiger partial charge >= 0.3 is 0 Å². The van der Waals surface area contributed by atoms with Crippen molar-refractivity contribution in [2.75, 3.05) is 6.54 Å². The van der Waals surface area contributed by atoms with Crippen molar-refractivity contribution in [1.29, 1.82) is 0 Å². The lowest BCUT2D eigenvalue weighted by Crippen LogP contribution is -2.27. The molecule has 0 aliphatic heterocycles. The Morgan fingerprint density at radius 1 is 1.50 bits per heavy atom. The SMILES string of the molecule is CC(O)CCNC(=O)Cc1cccc(O)c1. The Hall–Kier alpha value is -1.55. The molecule has 0 saturated carbocycles. The van der Waals surface area contributed by atoms with Gasteiger partial charge in [0.25, 0.3) is 0 Å². The maximum absolute atomic E-state index is 11.4. The van der Waals surface area contributed by atoms with E-state index in [9.17, 15) is 9.90 Å². The van der Waals surface area contributed by atoms with Crippen molar-refractivity contribution in [3.63, 3.8) is 0 Å². The van der Waals surface area contributed by atoms with Crippen LogP contribution in [0.25, 0.3) is 0 Å². The summed E-state index contributed by atoms with van der Waals surface area (Å²) >= 11 is 0. The van der Waals surface area contributed by atoms with E-state index in [1.165, 1.54) is 0 Å². The van der Waals surface area contributed by atoms with Crippen molar-refractivity contribution in [2.24, 2.45) is 0 Å². The fourth-order valence-electron chi connectivity index (χ4n) is 1.33. The molecule has 1 aromatic carbocycles. The van der Waals surface area contributed by atoms with E-state index in [1.807, 2.05) is 0 Å². The third kappa shape index (κ3) is 4.79. The van der Waals surface area contributed by atoms with Gasteiger partial charge in [-0.15, -0.1) is 0 Å². The van der Waals surface area contributed by atoms with Gasteiger partial charge in [-0.05, 0) is 31.0 Å². The van der Waals surface area contributed by atoms with Gasteiger partial charge < -0.3 is 15.5 Å². The summed E-state index contributed by atoms with van der Waals surface area (Å²) in [6, 6.07) is 6.62. The minimum atomic E-state index is -0.402. The molecular formula is C12H17NO3. The van der Waals surface area contributed by atoms with E-state index >= 15 is 0 Å². The summed E-state index contributed by atoms with van der Waals surface area (Å²) in [4.78, 5) is 11.4. The van der Waals surface area contributed by atoms with E-state index in [0.717, 1.165) is 5.56 Å². The molecular weight excluding hydrogens is 206 g/mol. The molecule has 1 atom stereocenters. The highest BCUT2D eigenvalue weighted by molar-refractivity contribution is 5.78. The van der Waals surface area contributed by atoms with Gasteiger partial charge in [0, 0.05) is 6.54 Å². The second-order valence-corrected chi connectivity index (χ2v) is 3.83. The van der Waals surface area contributed by atoms with Gasteiger partial charge in [-0.25, -0.2) is 0 Å². The molecule has 0 aliphatic rings. The third-order valence-corrected chi connectivity index (χ3v) is 2.16. The number of hydrogen-bond donors (Lipinski definition) is 3. The van der Waals surface area contributed by atoms with E-state index in [0.29, 0.717) is 13.0 Å². The summed E-state index contributed by atoms with van der Waals surface area (Å²) in [6.07, 6.45) is 0.390. The summed E-state index contributed by atoms with van der Waals surface area (Å²) in [5, 5.41) is 20.9. The molecule has 16 heavy (non-hydrogen) atoms. The van der Waals surface area contributed by atoms with Crippen LogP contribution in [0.2, 0.25) is 0 Å². The lowest BCUT2D eigenvalue weighted by atomic mass is 10.1. The normalized spacial score (nSPS) is 12.1. The molecule has 88 valence electrons. The van der Waals surface area contributed by atoms with Gasteiger partial charge in [0.15, 0.2) is 0 Å². The highest BCUT2D eigenvalue weighted by Crippen LogP contribution is 2.11. The maximum Gasteiger partial charge on any atom is 0.224 e. The lowest BCUT2D eigenvalue weighted by Gasteiger charge is -2.06. The van der Waals surface area contributed by atoms with E-state index in [1.54, 1.807) is 31.2 Å². The molecule has 0 heterocycles. The quantitative estimate of drug-likeness (QED) is 0.692. The monoisotopic (exact) mass is 223 g/mol. The number of hydrogen-bond acceptors (Lipinski definition) is 3. The highest BCUT2D eigenvalue weighted by atomic mass is 16.3. The lowest BCUT2D eigenvalue weighted by molar-refractivity contribution is -0.120. The number of aliphatic hydroxyl groups excluding tert-OH is 1. The zero-order chi connectivity index (χ0) is 12.0. The van der Waals surface area contributed by atoms with Crippen LogP contribution in [-0.4, -0.2) is 28.8 Å². The Bertz CT molecular complexity index is 350. The molecule has 0 spiro atoms. The molecule has 1 aromatic rings. The van der Waals surface area contributed by atoms with Gasteiger partial charge in [0.1, 0.15) is 5.75 Å². The Morgan fingerprint density at radius 2 is 2.25 bits per heavy atom. The van der Waals surface area contributed by atoms with Crippen molar-refractivity contribution < 1.29 is 15.0 Å². The first-order valence-corrected chi connectivity index (χ1v) is 5.30. The standard InChI is InChI=1S/C12H17NO3/c1-9(14)5-6-13-12(16)8-10-3-2-4-11(15)7-10/h2-4,7,9,14-15H,5-6,8H2,1H3,(H,13,16). The third-order valence-electron chi connectivity index (χ3n) is 2.16. The second kappa shape index (κ2) is 6.12. The average Bonchev–Trinajstić information content (AvgIpc) is 2.16. The summed E-state index contributed by atoms with van der Waals surface area (Å²) in [5.74, 6) is 0.0560. The predicted molar refractivity (Wildman–Crippen MR) is 61.1 cm³/mol. The van der Waals surface area contributed by atoms with E-state index < -0.39 is 6.10 Å². The average molecular weight is 223 g/mol. The van der Waals surface area contributed by atoms with Gasteiger partial charge in [0.2, 0.25) is 5.91 Å². The van der Waals surface area contributed by atoms with Crippen LogP contribution < -0.4 is 5.32 Å². The molecule has 1 rings (SSSR count). The first kappa shape index (κ1) is 12.5. The number of amides is 1. The Balaban J connectivity index is 2.34. The van der Waals surface area contributed by atoms with Crippen LogP contribution >= 0.6 is 0 Å². The van der Waals surface area contributed by atoms with Crippen molar-refractivity contribution in [2.45, 2.75) is 25.9 Å². The van der Waals surface area contributed by atoms with Crippen molar-refractivity contribution >= 4 is 5.91 Å². The minimum absolute atomic E-state index is 0.105. The molecule has 3 N–H and O–H groups in total. The molecule has 4 heteroatoms. The zero-order valence-electron chi connectivity index (χ0n) is 9.31. The van der Waals surface area contributed by atoms with Crippen LogP contribution in [0.15, 0.2) is 24.3 Å². The first-order chi connectivity index (χ1) is 7.58. The number of aromatic hydroxyl groups is 1. The number of phenols is 1. The molecule has 0 saturated heterocycles. The molecule has 1 unspecified atom stereocenters. The topological polar surface area (TPSA) is 69.6 Å². The smallest absolute Gasteiger partial charge is 0.224 e. The van der Waals surface area contributed by atoms with E-state index in [-0.39, 0.29) is 18.1 Å². The summed E-state index contributed by atoms with van der Waals surface area (Å²) < 4.78 is 0. The number of aliphatic hydroxyl groups is 1. The number of nitrogens with one attached hydrogen (secondary N) is 1.